The van der Waals surface area contributed by atoms with Crippen molar-refractivity contribution in [2.45, 2.75) is 6.92 Å². The van der Waals surface area contributed by atoms with E-state index in [0.717, 1.165) is 10.9 Å². The monoisotopic (exact) mass is 204 g/mol. The van der Waals surface area contributed by atoms with Gasteiger partial charge in [0.05, 0.1) is 12.1 Å². The average molecular weight is 204 g/mol. The zero-order valence-corrected chi connectivity index (χ0v) is 8.43. The van der Waals surface area contributed by atoms with E-state index in [-0.39, 0.29) is 0 Å². The summed E-state index contributed by atoms with van der Waals surface area (Å²) in [5.41, 5.74) is 1.19. The number of esters is 1. The van der Waals surface area contributed by atoms with Crippen molar-refractivity contribution in [3.05, 3.63) is 36.0 Å². The first kappa shape index (κ1) is 9.58. The number of carbonyl (C=O) groups excluding carboxylic acids is 1. The van der Waals surface area contributed by atoms with Crippen molar-refractivity contribution < 1.29 is 9.53 Å². The summed E-state index contributed by atoms with van der Waals surface area (Å²) in [7, 11) is 0. The van der Waals surface area contributed by atoms with Gasteiger partial charge in [-0.3, -0.25) is 4.68 Å². The van der Waals surface area contributed by atoms with Crippen molar-refractivity contribution in [2.24, 2.45) is 0 Å². The predicted octanol–water partition coefficient (Wildman–Crippen LogP) is 1.53. The second kappa shape index (κ2) is 3.65. The Balaban J connectivity index is 2.53. The van der Waals surface area contributed by atoms with Gasteiger partial charge in [0.25, 0.3) is 0 Å². The molecule has 2 aromatic rings. The van der Waals surface area contributed by atoms with Gasteiger partial charge in [-0.25, -0.2) is 4.79 Å². The Kier molecular flexibility index (Phi) is 2.33. The molecule has 0 amide bonds. The molecule has 2 rings (SSSR count). The van der Waals surface area contributed by atoms with Crippen LogP contribution in [0.2, 0.25) is 0 Å². The number of carbonyl (C=O) groups is 1. The number of benzene rings is 1. The van der Waals surface area contributed by atoms with Gasteiger partial charge in [-0.05, 0) is 19.1 Å². The summed E-state index contributed by atoms with van der Waals surface area (Å²) in [6, 6.07) is 9.27. The molecule has 15 heavy (non-hydrogen) atoms. The first-order valence-electron chi connectivity index (χ1n) is 4.76. The van der Waals surface area contributed by atoms with Crippen LogP contribution >= 0.6 is 0 Å². The van der Waals surface area contributed by atoms with Crippen molar-refractivity contribution in [1.29, 1.82) is 0 Å². The van der Waals surface area contributed by atoms with Crippen LogP contribution in [0.25, 0.3) is 10.9 Å². The molecule has 4 heteroatoms. The van der Waals surface area contributed by atoms with E-state index in [0.29, 0.717) is 12.3 Å². The number of nitrogen functional groups attached to an aromatic ring is 1. The molecule has 0 saturated carbocycles. The fourth-order valence-electron chi connectivity index (χ4n) is 1.54. The highest BCUT2D eigenvalue weighted by molar-refractivity contribution is 5.95. The molecule has 1 aromatic carbocycles. The summed E-state index contributed by atoms with van der Waals surface area (Å²) >= 11 is 0. The van der Waals surface area contributed by atoms with Crippen molar-refractivity contribution in [2.75, 3.05) is 12.4 Å². The average Bonchev–Trinajstić information content (AvgIpc) is 2.57. The van der Waals surface area contributed by atoms with Gasteiger partial charge >= 0.3 is 5.97 Å². The van der Waals surface area contributed by atoms with Gasteiger partial charge < -0.3 is 10.6 Å². The summed E-state index contributed by atoms with van der Waals surface area (Å²) in [6.45, 7) is 2.11. The van der Waals surface area contributed by atoms with Crippen molar-refractivity contribution in [3.63, 3.8) is 0 Å². The number of nitrogens with two attached hydrogens (primary N) is 1. The first-order valence-corrected chi connectivity index (χ1v) is 4.76. The van der Waals surface area contributed by atoms with Gasteiger partial charge in [0.15, 0.2) is 0 Å². The summed E-state index contributed by atoms with van der Waals surface area (Å²) < 4.78 is 6.25. The molecule has 0 aliphatic carbocycles. The third-order valence-corrected chi connectivity index (χ3v) is 2.23. The molecule has 1 heterocycles. The zero-order chi connectivity index (χ0) is 10.8. The van der Waals surface area contributed by atoms with Crippen molar-refractivity contribution in [3.8, 4) is 0 Å². The van der Waals surface area contributed by atoms with E-state index >= 15 is 0 Å². The number of para-hydroxylation sites is 1. The maximum atomic E-state index is 11.5. The summed E-state index contributed by atoms with van der Waals surface area (Å²) in [5.74, 6) is 5.39. The third-order valence-electron chi connectivity index (χ3n) is 2.23. The van der Waals surface area contributed by atoms with Crippen LogP contribution in [0.1, 0.15) is 17.4 Å². The maximum Gasteiger partial charge on any atom is 0.356 e. The standard InChI is InChI=1S/C11H12N2O2/c1-2-15-11(14)10-7-8-5-3-4-6-9(8)13(10)12/h3-7H,2,12H2,1H3. The lowest BCUT2D eigenvalue weighted by atomic mass is 10.2. The molecular weight excluding hydrogens is 192 g/mol. The van der Waals surface area contributed by atoms with Gasteiger partial charge in [-0.1, -0.05) is 18.2 Å². The minimum atomic E-state index is -0.392. The van der Waals surface area contributed by atoms with E-state index in [1.54, 1.807) is 13.0 Å². The molecule has 0 aliphatic heterocycles. The first-order chi connectivity index (χ1) is 7.24. The highest BCUT2D eigenvalue weighted by Crippen LogP contribution is 2.17. The van der Waals surface area contributed by atoms with Crippen LogP contribution in [0.4, 0.5) is 0 Å². The lowest BCUT2D eigenvalue weighted by molar-refractivity contribution is 0.0517. The largest absolute Gasteiger partial charge is 0.461 e. The Hall–Kier alpha value is -1.97. The Morgan fingerprint density at radius 3 is 2.87 bits per heavy atom. The number of fused-ring (bicyclic) bond motifs is 1. The van der Waals surface area contributed by atoms with Crippen LogP contribution in [0, 0.1) is 0 Å². The summed E-state index contributed by atoms with van der Waals surface area (Å²) in [5, 5.41) is 0.933. The van der Waals surface area contributed by atoms with E-state index in [2.05, 4.69) is 0 Å². The number of hydrogen-bond acceptors (Lipinski definition) is 3. The fraction of sp³-hybridized carbons (Fsp3) is 0.182. The van der Waals surface area contributed by atoms with Gasteiger partial charge in [-0.2, -0.15) is 0 Å². The molecule has 0 radical (unpaired) electrons. The SMILES string of the molecule is CCOC(=O)c1cc2ccccc2n1N. The highest BCUT2D eigenvalue weighted by Gasteiger charge is 2.14. The molecule has 0 saturated heterocycles. The van der Waals surface area contributed by atoms with Crippen molar-refractivity contribution >= 4 is 16.9 Å². The van der Waals surface area contributed by atoms with E-state index in [1.165, 1.54) is 4.68 Å². The number of nitrogens with zero attached hydrogens (tertiary/aromatic N) is 1. The molecule has 78 valence electrons. The van der Waals surface area contributed by atoms with Crippen LogP contribution in [0.15, 0.2) is 30.3 Å². The van der Waals surface area contributed by atoms with E-state index < -0.39 is 5.97 Å². The van der Waals surface area contributed by atoms with Gasteiger partial charge in [0.2, 0.25) is 0 Å². The Labute approximate surface area is 87.2 Å². The normalized spacial score (nSPS) is 10.5. The molecule has 0 atom stereocenters. The summed E-state index contributed by atoms with van der Waals surface area (Å²) in [4.78, 5) is 11.5. The number of hydrogen-bond donors (Lipinski definition) is 1. The maximum absolute atomic E-state index is 11.5. The minimum absolute atomic E-state index is 0.348. The van der Waals surface area contributed by atoms with Crippen LogP contribution in [0.3, 0.4) is 0 Å². The number of rotatable bonds is 2. The molecule has 2 N–H and O–H groups in total. The molecule has 0 unspecified atom stereocenters. The van der Waals surface area contributed by atoms with Crippen LogP contribution in [-0.2, 0) is 4.74 Å². The molecule has 0 aliphatic rings. The van der Waals surface area contributed by atoms with Crippen LogP contribution in [-0.4, -0.2) is 17.3 Å². The molecule has 1 aromatic heterocycles. The molecule has 0 spiro atoms. The zero-order valence-electron chi connectivity index (χ0n) is 8.43. The Morgan fingerprint density at radius 2 is 2.20 bits per heavy atom. The molecule has 4 nitrogen and oxygen atoms in total. The minimum Gasteiger partial charge on any atom is -0.461 e. The summed E-state index contributed by atoms with van der Waals surface area (Å²) in [6.07, 6.45) is 0. The quantitative estimate of drug-likeness (QED) is 0.596. The highest BCUT2D eigenvalue weighted by atomic mass is 16.5. The second-order valence-corrected chi connectivity index (χ2v) is 3.18. The Morgan fingerprint density at radius 1 is 1.47 bits per heavy atom. The second-order valence-electron chi connectivity index (χ2n) is 3.18. The topological polar surface area (TPSA) is 57.2 Å². The lowest BCUT2D eigenvalue weighted by Crippen LogP contribution is -2.17. The van der Waals surface area contributed by atoms with Crippen LogP contribution < -0.4 is 5.84 Å². The van der Waals surface area contributed by atoms with Gasteiger partial charge in [0, 0.05) is 5.39 Å². The predicted molar refractivity (Wildman–Crippen MR) is 58.0 cm³/mol. The van der Waals surface area contributed by atoms with Crippen LogP contribution in [0.5, 0.6) is 0 Å². The van der Waals surface area contributed by atoms with E-state index in [4.69, 9.17) is 10.6 Å². The Bertz CT molecular complexity index is 502. The van der Waals surface area contributed by atoms with E-state index in [1.807, 2.05) is 24.3 Å². The lowest BCUT2D eigenvalue weighted by Gasteiger charge is -2.02. The van der Waals surface area contributed by atoms with Crippen molar-refractivity contribution in [1.82, 2.24) is 4.68 Å². The number of ether oxygens (including phenoxy) is 1. The fourth-order valence-corrected chi connectivity index (χ4v) is 1.54. The smallest absolute Gasteiger partial charge is 0.356 e. The van der Waals surface area contributed by atoms with E-state index in [9.17, 15) is 4.79 Å². The molecular formula is C11H12N2O2. The molecule has 0 fully saturated rings. The number of aromatic nitrogens is 1. The van der Waals surface area contributed by atoms with Gasteiger partial charge in [-0.15, -0.1) is 0 Å². The van der Waals surface area contributed by atoms with Gasteiger partial charge in [0.1, 0.15) is 5.69 Å². The molecule has 0 bridgehead atoms. The third kappa shape index (κ3) is 1.54.